The number of nitrogens with one attached hydrogen (secondary N) is 2. The summed E-state index contributed by atoms with van der Waals surface area (Å²) in [6, 6.07) is 6.24. The van der Waals surface area contributed by atoms with Gasteiger partial charge in [-0.15, -0.1) is 24.0 Å². The molecule has 2 N–H and O–H groups in total. The minimum atomic E-state index is -4.14. The van der Waals surface area contributed by atoms with E-state index in [1.807, 2.05) is 6.92 Å². The highest BCUT2D eigenvalue weighted by Gasteiger charge is 2.34. The molecule has 8 heteroatoms. The molecule has 1 saturated heterocycles. The van der Waals surface area contributed by atoms with Gasteiger partial charge in [0.1, 0.15) is 0 Å². The van der Waals surface area contributed by atoms with Crippen LogP contribution in [0.1, 0.15) is 30.0 Å². The van der Waals surface area contributed by atoms with Gasteiger partial charge in [0.25, 0.3) is 0 Å². The van der Waals surface area contributed by atoms with Crippen molar-refractivity contribution in [2.75, 3.05) is 26.2 Å². The van der Waals surface area contributed by atoms with Gasteiger partial charge in [0, 0.05) is 25.7 Å². The second kappa shape index (κ2) is 10.3. The summed E-state index contributed by atoms with van der Waals surface area (Å²) in [6.45, 7) is 7.32. The number of rotatable bonds is 5. The molecule has 0 saturated carbocycles. The number of hydrogen-bond donors (Lipinski definition) is 2. The van der Waals surface area contributed by atoms with Gasteiger partial charge in [0.15, 0.2) is 5.96 Å². The van der Waals surface area contributed by atoms with Crippen molar-refractivity contribution >= 4 is 29.9 Å². The number of guanidine groups is 1. The van der Waals surface area contributed by atoms with Crippen molar-refractivity contribution < 1.29 is 13.2 Å². The lowest BCUT2D eigenvalue weighted by Crippen LogP contribution is -2.45. The number of alkyl halides is 3. The second-order valence-electron chi connectivity index (χ2n) is 6.61. The summed E-state index contributed by atoms with van der Waals surface area (Å²) in [5.41, 5.74) is 3.55. The van der Waals surface area contributed by atoms with Crippen LogP contribution in [0, 0.1) is 13.8 Å². The van der Waals surface area contributed by atoms with E-state index in [0.29, 0.717) is 38.6 Å². The molecule has 0 radical (unpaired) electrons. The predicted molar refractivity (Wildman–Crippen MR) is 110 cm³/mol. The van der Waals surface area contributed by atoms with Crippen molar-refractivity contribution in [3.63, 3.8) is 0 Å². The van der Waals surface area contributed by atoms with Gasteiger partial charge in [0.05, 0.1) is 13.1 Å². The van der Waals surface area contributed by atoms with E-state index in [-0.39, 0.29) is 30.0 Å². The van der Waals surface area contributed by atoms with Crippen molar-refractivity contribution in [3.05, 3.63) is 34.9 Å². The average Bonchev–Trinajstić information content (AvgIpc) is 2.91. The molecule has 148 valence electrons. The number of benzene rings is 1. The largest absolute Gasteiger partial charge is 0.401 e. The van der Waals surface area contributed by atoms with E-state index >= 15 is 0 Å². The average molecular weight is 484 g/mol. The third kappa shape index (κ3) is 7.69. The topological polar surface area (TPSA) is 39.7 Å². The number of aliphatic imine (C=N–C) groups is 1. The Kier molecular flexibility index (Phi) is 9.15. The fraction of sp³-hybridized carbons (Fsp3) is 0.611. The molecule has 2 rings (SSSR count). The maximum absolute atomic E-state index is 12.5. The first-order chi connectivity index (χ1) is 11.8. The van der Waals surface area contributed by atoms with Gasteiger partial charge < -0.3 is 10.6 Å². The fourth-order valence-electron chi connectivity index (χ4n) is 3.05. The summed E-state index contributed by atoms with van der Waals surface area (Å²) in [4.78, 5) is 6.03. The third-order valence-corrected chi connectivity index (χ3v) is 4.27. The highest BCUT2D eigenvalue weighted by molar-refractivity contribution is 14.0. The molecule has 1 atom stereocenters. The molecule has 0 spiro atoms. The highest BCUT2D eigenvalue weighted by atomic mass is 127. The zero-order valence-corrected chi connectivity index (χ0v) is 17.8. The Morgan fingerprint density at radius 3 is 2.65 bits per heavy atom. The molecule has 1 fully saturated rings. The van der Waals surface area contributed by atoms with Crippen LogP contribution in [0.4, 0.5) is 13.2 Å². The van der Waals surface area contributed by atoms with Crippen LogP contribution in [0.5, 0.6) is 0 Å². The molecule has 0 aromatic heterocycles. The molecule has 0 aliphatic carbocycles. The Balaban J connectivity index is 0.00000338. The van der Waals surface area contributed by atoms with E-state index in [0.717, 1.165) is 5.56 Å². The van der Waals surface area contributed by atoms with Crippen LogP contribution in [-0.4, -0.2) is 49.3 Å². The normalized spacial score (nSPS) is 18.5. The summed E-state index contributed by atoms with van der Waals surface area (Å²) in [6.07, 6.45) is -3.46. The number of nitrogens with zero attached hydrogens (tertiary/aromatic N) is 2. The van der Waals surface area contributed by atoms with Crippen LogP contribution in [0.3, 0.4) is 0 Å². The van der Waals surface area contributed by atoms with Crippen molar-refractivity contribution in [1.82, 2.24) is 15.5 Å². The number of halogens is 4. The summed E-state index contributed by atoms with van der Waals surface area (Å²) < 4.78 is 37.5. The lowest BCUT2D eigenvalue weighted by atomic mass is 10.1. The maximum atomic E-state index is 12.5. The Hall–Kier alpha value is -1.03. The van der Waals surface area contributed by atoms with Gasteiger partial charge in [0.2, 0.25) is 0 Å². The van der Waals surface area contributed by atoms with Crippen LogP contribution in [0.25, 0.3) is 0 Å². The van der Waals surface area contributed by atoms with Gasteiger partial charge in [-0.1, -0.05) is 23.8 Å². The quantitative estimate of drug-likeness (QED) is 0.381. The van der Waals surface area contributed by atoms with Crippen molar-refractivity contribution in [2.24, 2.45) is 4.99 Å². The third-order valence-electron chi connectivity index (χ3n) is 4.27. The smallest absolute Gasteiger partial charge is 0.357 e. The molecule has 4 nitrogen and oxygen atoms in total. The predicted octanol–water partition coefficient (Wildman–Crippen LogP) is 3.61. The van der Waals surface area contributed by atoms with E-state index in [4.69, 9.17) is 0 Å². The summed E-state index contributed by atoms with van der Waals surface area (Å²) >= 11 is 0. The number of aryl methyl sites for hydroxylation is 2. The Morgan fingerprint density at radius 2 is 2.04 bits per heavy atom. The monoisotopic (exact) mass is 484 g/mol. The first-order valence-corrected chi connectivity index (χ1v) is 8.67. The zero-order valence-electron chi connectivity index (χ0n) is 15.5. The molecule has 1 aromatic carbocycles. The van der Waals surface area contributed by atoms with Crippen molar-refractivity contribution in [2.45, 2.75) is 46.0 Å². The molecule has 0 bridgehead atoms. The van der Waals surface area contributed by atoms with E-state index < -0.39 is 12.7 Å². The molecular weight excluding hydrogens is 456 g/mol. The summed E-state index contributed by atoms with van der Waals surface area (Å²) in [5, 5.41) is 6.44. The van der Waals surface area contributed by atoms with Gasteiger partial charge in [-0.3, -0.25) is 4.90 Å². The summed E-state index contributed by atoms with van der Waals surface area (Å²) in [5.74, 6) is 0.654. The second-order valence-corrected chi connectivity index (χ2v) is 6.61. The number of hydrogen-bond acceptors (Lipinski definition) is 2. The minimum Gasteiger partial charge on any atom is -0.357 e. The maximum Gasteiger partial charge on any atom is 0.401 e. The van der Waals surface area contributed by atoms with Crippen LogP contribution in [0.15, 0.2) is 23.2 Å². The molecule has 1 aliphatic heterocycles. The Labute approximate surface area is 170 Å². The zero-order chi connectivity index (χ0) is 18.4. The van der Waals surface area contributed by atoms with Gasteiger partial charge in [-0.2, -0.15) is 13.2 Å². The first kappa shape index (κ1) is 23.0. The lowest BCUT2D eigenvalue weighted by molar-refractivity contribution is -0.143. The molecule has 1 heterocycles. The van der Waals surface area contributed by atoms with Crippen molar-refractivity contribution in [1.29, 1.82) is 0 Å². The number of likely N-dealkylation sites (tertiary alicyclic amines) is 1. The first-order valence-electron chi connectivity index (χ1n) is 8.67. The van der Waals surface area contributed by atoms with Gasteiger partial charge in [-0.25, -0.2) is 4.99 Å². The molecule has 1 unspecified atom stereocenters. The van der Waals surface area contributed by atoms with E-state index in [1.165, 1.54) is 16.0 Å². The van der Waals surface area contributed by atoms with E-state index in [9.17, 15) is 13.2 Å². The summed E-state index contributed by atoms with van der Waals surface area (Å²) in [7, 11) is 0. The SMILES string of the molecule is CCNC(=NCc1ccc(C)cc1C)NC1CCN(CC(F)(F)F)C1.I. The van der Waals surface area contributed by atoms with E-state index in [2.05, 4.69) is 47.7 Å². The fourth-order valence-corrected chi connectivity index (χ4v) is 3.05. The van der Waals surface area contributed by atoms with E-state index in [1.54, 1.807) is 0 Å². The molecule has 1 aliphatic rings. The van der Waals surface area contributed by atoms with Crippen LogP contribution in [-0.2, 0) is 6.54 Å². The minimum absolute atomic E-state index is 0. The molecular formula is C18H28F3IN4. The van der Waals surface area contributed by atoms with Crippen LogP contribution < -0.4 is 10.6 Å². The van der Waals surface area contributed by atoms with Crippen molar-refractivity contribution in [3.8, 4) is 0 Å². The standard InChI is InChI=1S/C18H27F3N4.HI/c1-4-22-17(23-10-15-6-5-13(2)9-14(15)3)24-16-7-8-25(11-16)12-18(19,20)21;/h5-6,9,16H,4,7-8,10-12H2,1-3H3,(H2,22,23,24);1H. The Morgan fingerprint density at radius 1 is 1.31 bits per heavy atom. The molecule has 26 heavy (non-hydrogen) atoms. The van der Waals surface area contributed by atoms with Gasteiger partial charge in [-0.05, 0) is 38.3 Å². The molecule has 0 amide bonds. The molecule has 1 aromatic rings. The van der Waals surface area contributed by atoms with Gasteiger partial charge >= 0.3 is 6.18 Å². The van der Waals surface area contributed by atoms with Crippen LogP contribution >= 0.6 is 24.0 Å². The lowest BCUT2D eigenvalue weighted by Gasteiger charge is -2.20. The highest BCUT2D eigenvalue weighted by Crippen LogP contribution is 2.20. The Bertz CT molecular complexity index is 605. The van der Waals surface area contributed by atoms with Crippen LogP contribution in [0.2, 0.25) is 0 Å².